The van der Waals surface area contributed by atoms with Crippen LogP contribution < -0.4 is 11.1 Å². The summed E-state index contributed by atoms with van der Waals surface area (Å²) in [5.74, 6) is -0.149. The SMILES string of the molecule is COC(=O)C[C@H]1Nc2ccc(C(=O)N(Cc3ccccc3)Cc3ncc[nH]3)cc2CN(CCCN)C1=O. The van der Waals surface area contributed by atoms with E-state index in [1.165, 1.54) is 7.11 Å². The summed E-state index contributed by atoms with van der Waals surface area (Å²) < 4.78 is 4.79. The van der Waals surface area contributed by atoms with Gasteiger partial charge in [-0.15, -0.1) is 0 Å². The molecule has 0 saturated carbocycles. The summed E-state index contributed by atoms with van der Waals surface area (Å²) in [5, 5.41) is 3.19. The highest BCUT2D eigenvalue weighted by atomic mass is 16.5. The molecule has 1 aliphatic heterocycles. The number of aromatic amines is 1. The number of H-pyrrole nitrogens is 1. The number of nitrogens with one attached hydrogen (secondary N) is 2. The smallest absolute Gasteiger partial charge is 0.308 e. The molecular formula is C27H32N6O4. The van der Waals surface area contributed by atoms with Crippen LogP contribution in [-0.2, 0) is 34.0 Å². The van der Waals surface area contributed by atoms with Crippen molar-refractivity contribution in [2.75, 3.05) is 25.5 Å². The molecule has 1 aliphatic rings. The zero-order valence-electron chi connectivity index (χ0n) is 20.9. The lowest BCUT2D eigenvalue weighted by molar-refractivity contribution is -0.144. The molecule has 2 amide bonds. The number of carbonyl (C=O) groups excluding carboxylic acids is 3. The van der Waals surface area contributed by atoms with Gasteiger partial charge in [0, 0.05) is 43.3 Å². The predicted octanol–water partition coefficient (Wildman–Crippen LogP) is 2.29. The Balaban J connectivity index is 1.62. The highest BCUT2D eigenvalue weighted by Gasteiger charge is 2.31. The van der Waals surface area contributed by atoms with Crippen molar-refractivity contribution in [1.29, 1.82) is 0 Å². The van der Waals surface area contributed by atoms with Crippen LogP contribution in [-0.4, -0.2) is 63.8 Å². The molecule has 2 aromatic carbocycles. The van der Waals surface area contributed by atoms with Crippen LogP contribution in [0.1, 0.15) is 40.2 Å². The van der Waals surface area contributed by atoms with Crippen LogP contribution >= 0.6 is 0 Å². The fourth-order valence-electron chi connectivity index (χ4n) is 4.36. The zero-order chi connectivity index (χ0) is 26.2. The molecule has 4 N–H and O–H groups in total. The Kier molecular flexibility index (Phi) is 8.52. The fourth-order valence-corrected chi connectivity index (χ4v) is 4.36. The van der Waals surface area contributed by atoms with Gasteiger partial charge in [0.25, 0.3) is 5.91 Å². The third kappa shape index (κ3) is 6.53. The van der Waals surface area contributed by atoms with E-state index in [0.717, 1.165) is 11.1 Å². The lowest BCUT2D eigenvalue weighted by atomic mass is 10.1. The number of benzene rings is 2. The molecule has 4 rings (SSSR count). The molecule has 37 heavy (non-hydrogen) atoms. The summed E-state index contributed by atoms with van der Waals surface area (Å²) in [6.45, 7) is 1.92. The van der Waals surface area contributed by atoms with Gasteiger partial charge in [-0.3, -0.25) is 14.4 Å². The summed E-state index contributed by atoms with van der Waals surface area (Å²) in [6, 6.07) is 14.4. The number of fused-ring (bicyclic) bond motifs is 1. The second-order valence-electron chi connectivity index (χ2n) is 8.93. The van der Waals surface area contributed by atoms with Crippen LogP contribution in [0.3, 0.4) is 0 Å². The molecule has 0 unspecified atom stereocenters. The minimum Gasteiger partial charge on any atom is -0.469 e. The monoisotopic (exact) mass is 504 g/mol. The molecule has 0 bridgehead atoms. The molecule has 1 atom stereocenters. The van der Waals surface area contributed by atoms with E-state index in [9.17, 15) is 14.4 Å². The molecule has 194 valence electrons. The number of hydrogen-bond donors (Lipinski definition) is 3. The quantitative estimate of drug-likeness (QED) is 0.361. The van der Waals surface area contributed by atoms with E-state index < -0.39 is 12.0 Å². The Bertz CT molecular complexity index is 1210. The minimum absolute atomic E-state index is 0.0947. The largest absolute Gasteiger partial charge is 0.469 e. The Labute approximate surface area is 215 Å². The number of nitrogens with zero attached hydrogens (tertiary/aromatic N) is 3. The first kappa shape index (κ1) is 25.9. The molecule has 0 spiro atoms. The number of hydrogen-bond acceptors (Lipinski definition) is 7. The van der Waals surface area contributed by atoms with Crippen molar-refractivity contribution in [1.82, 2.24) is 19.8 Å². The number of anilines is 1. The molecule has 2 heterocycles. The number of esters is 1. The molecule has 0 fully saturated rings. The Morgan fingerprint density at radius 2 is 2.00 bits per heavy atom. The number of nitrogens with two attached hydrogens (primary N) is 1. The van der Waals surface area contributed by atoms with E-state index in [0.29, 0.717) is 56.2 Å². The van der Waals surface area contributed by atoms with E-state index >= 15 is 0 Å². The molecule has 10 heteroatoms. The maximum atomic E-state index is 13.7. The van der Waals surface area contributed by atoms with E-state index in [2.05, 4.69) is 15.3 Å². The van der Waals surface area contributed by atoms with Crippen molar-refractivity contribution in [3.63, 3.8) is 0 Å². The van der Waals surface area contributed by atoms with Crippen molar-refractivity contribution in [3.8, 4) is 0 Å². The molecule has 10 nitrogen and oxygen atoms in total. The van der Waals surface area contributed by atoms with Crippen LogP contribution in [0.15, 0.2) is 60.9 Å². The number of imidazole rings is 1. The predicted molar refractivity (Wildman–Crippen MR) is 138 cm³/mol. The summed E-state index contributed by atoms with van der Waals surface area (Å²) >= 11 is 0. The number of amides is 2. The molecule has 3 aromatic rings. The van der Waals surface area contributed by atoms with E-state index in [4.69, 9.17) is 10.5 Å². The first-order valence-electron chi connectivity index (χ1n) is 12.2. The van der Waals surface area contributed by atoms with Crippen molar-refractivity contribution in [2.45, 2.75) is 38.5 Å². The topological polar surface area (TPSA) is 134 Å². The normalized spacial score (nSPS) is 14.9. The lowest BCUT2D eigenvalue weighted by Crippen LogP contribution is -2.42. The van der Waals surface area contributed by atoms with Crippen LogP contribution in [0.2, 0.25) is 0 Å². The van der Waals surface area contributed by atoms with Gasteiger partial charge in [0.2, 0.25) is 5.91 Å². The van der Waals surface area contributed by atoms with Gasteiger partial charge in [0.05, 0.1) is 20.1 Å². The summed E-state index contributed by atoms with van der Waals surface area (Å²) in [7, 11) is 1.30. The average Bonchev–Trinajstić information content (AvgIpc) is 3.39. The highest BCUT2D eigenvalue weighted by molar-refractivity contribution is 5.96. The van der Waals surface area contributed by atoms with Gasteiger partial charge in [-0.1, -0.05) is 30.3 Å². The zero-order valence-corrected chi connectivity index (χ0v) is 20.9. The standard InChI is InChI=1S/C27H32N6O4/c1-37-25(34)15-23-27(36)32(13-5-10-28)17-21-14-20(8-9-22(21)31-23)26(35)33(18-24-29-11-12-30-24)16-19-6-3-2-4-7-19/h2-4,6-9,11-12,14,23,31H,5,10,13,15-18,28H2,1H3,(H,29,30)/t23-/m1/s1. The van der Waals surface area contributed by atoms with Gasteiger partial charge in [-0.05, 0) is 42.3 Å². The number of aromatic nitrogens is 2. The minimum atomic E-state index is -0.762. The van der Waals surface area contributed by atoms with Gasteiger partial charge in [0.1, 0.15) is 11.9 Å². The molecular weight excluding hydrogens is 472 g/mol. The first-order chi connectivity index (χ1) is 18.0. The summed E-state index contributed by atoms with van der Waals surface area (Å²) in [6.07, 6.45) is 3.92. The number of rotatable bonds is 10. The van der Waals surface area contributed by atoms with Gasteiger partial charge >= 0.3 is 5.97 Å². The summed E-state index contributed by atoms with van der Waals surface area (Å²) in [5.41, 5.74) is 8.69. The van der Waals surface area contributed by atoms with Crippen molar-refractivity contribution in [3.05, 3.63) is 83.4 Å². The second kappa shape index (κ2) is 12.2. The Morgan fingerprint density at radius 1 is 1.19 bits per heavy atom. The van der Waals surface area contributed by atoms with Crippen molar-refractivity contribution >= 4 is 23.5 Å². The number of carbonyl (C=O) groups is 3. The second-order valence-corrected chi connectivity index (χ2v) is 8.93. The van der Waals surface area contributed by atoms with E-state index in [1.807, 2.05) is 36.4 Å². The van der Waals surface area contributed by atoms with Gasteiger partial charge in [-0.25, -0.2) is 4.98 Å². The molecule has 0 saturated heterocycles. The third-order valence-electron chi connectivity index (χ3n) is 6.28. The van der Waals surface area contributed by atoms with Crippen LogP contribution in [0.25, 0.3) is 0 Å². The highest BCUT2D eigenvalue weighted by Crippen LogP contribution is 2.27. The molecule has 0 aliphatic carbocycles. The van der Waals surface area contributed by atoms with Gasteiger partial charge < -0.3 is 30.6 Å². The maximum absolute atomic E-state index is 13.7. The van der Waals surface area contributed by atoms with Crippen LogP contribution in [0.5, 0.6) is 0 Å². The maximum Gasteiger partial charge on any atom is 0.308 e. The molecule has 0 radical (unpaired) electrons. The van der Waals surface area contributed by atoms with Gasteiger partial charge in [-0.2, -0.15) is 0 Å². The lowest BCUT2D eigenvalue weighted by Gasteiger charge is -2.24. The van der Waals surface area contributed by atoms with Crippen molar-refractivity contribution in [2.24, 2.45) is 5.73 Å². The van der Waals surface area contributed by atoms with Crippen molar-refractivity contribution < 1.29 is 19.1 Å². The van der Waals surface area contributed by atoms with Crippen LogP contribution in [0, 0.1) is 0 Å². The average molecular weight is 505 g/mol. The van der Waals surface area contributed by atoms with Gasteiger partial charge in [0.15, 0.2) is 0 Å². The number of ether oxygens (including phenoxy) is 1. The summed E-state index contributed by atoms with van der Waals surface area (Å²) in [4.78, 5) is 49.7. The fraction of sp³-hybridized carbons (Fsp3) is 0.333. The Morgan fingerprint density at radius 3 is 2.70 bits per heavy atom. The third-order valence-corrected chi connectivity index (χ3v) is 6.28. The Hall–Kier alpha value is -4.18. The molecule has 1 aromatic heterocycles. The van der Waals surface area contributed by atoms with E-state index in [-0.39, 0.29) is 18.2 Å². The van der Waals surface area contributed by atoms with Crippen LogP contribution in [0.4, 0.5) is 5.69 Å². The van der Waals surface area contributed by atoms with E-state index in [1.54, 1.807) is 34.3 Å². The first-order valence-corrected chi connectivity index (χ1v) is 12.2. The number of methoxy groups -OCH3 is 1.